The van der Waals surface area contributed by atoms with E-state index in [2.05, 4.69) is 37.4 Å². The van der Waals surface area contributed by atoms with Crippen molar-refractivity contribution in [1.29, 1.82) is 5.26 Å². The van der Waals surface area contributed by atoms with Gasteiger partial charge in [0.15, 0.2) is 5.65 Å². The van der Waals surface area contributed by atoms with Crippen molar-refractivity contribution in [2.45, 2.75) is 0 Å². The standard InChI is InChI=1S/C10H6IN5S/c1-15-9-7(4-14-15)3-13-10-8(9)6(2-12)5-16(10)17-11/h3-5H,1H3. The van der Waals surface area contributed by atoms with Crippen LogP contribution in [0.5, 0.6) is 0 Å². The summed E-state index contributed by atoms with van der Waals surface area (Å²) in [5, 5.41) is 15.2. The van der Waals surface area contributed by atoms with E-state index in [0.29, 0.717) is 5.56 Å². The number of nitrogens with zero attached hydrogens (tertiary/aromatic N) is 5. The second-order valence-electron chi connectivity index (χ2n) is 3.58. The lowest BCUT2D eigenvalue weighted by molar-refractivity contribution is 0.799. The Kier molecular flexibility index (Phi) is 2.48. The first kappa shape index (κ1) is 10.9. The summed E-state index contributed by atoms with van der Waals surface area (Å²) in [5.74, 6) is 0. The first-order chi connectivity index (χ1) is 8.26. The van der Waals surface area contributed by atoms with Gasteiger partial charge in [-0.3, -0.25) is 8.65 Å². The molecule has 0 N–H and O–H groups in total. The first-order valence-corrected chi connectivity index (χ1v) is 8.09. The molecule has 5 nitrogen and oxygen atoms in total. The largest absolute Gasteiger partial charge is 0.267 e. The maximum Gasteiger partial charge on any atom is 0.154 e. The summed E-state index contributed by atoms with van der Waals surface area (Å²) in [6, 6.07) is 2.22. The summed E-state index contributed by atoms with van der Waals surface area (Å²) in [5.41, 5.74) is 2.39. The van der Waals surface area contributed by atoms with E-state index in [-0.39, 0.29) is 0 Å². The summed E-state index contributed by atoms with van der Waals surface area (Å²) in [6.45, 7) is 0. The predicted molar refractivity (Wildman–Crippen MR) is 75.7 cm³/mol. The minimum absolute atomic E-state index is 0.630. The van der Waals surface area contributed by atoms with E-state index in [1.807, 2.05) is 11.0 Å². The average Bonchev–Trinajstić information content (AvgIpc) is 2.89. The fourth-order valence-electron chi connectivity index (χ4n) is 1.95. The molecular weight excluding hydrogens is 349 g/mol. The molecule has 0 aliphatic carbocycles. The highest BCUT2D eigenvalue weighted by Gasteiger charge is 2.15. The van der Waals surface area contributed by atoms with Crippen molar-refractivity contribution in [3.8, 4) is 6.07 Å². The fourth-order valence-corrected chi connectivity index (χ4v) is 3.20. The van der Waals surface area contributed by atoms with Crippen LogP contribution < -0.4 is 0 Å². The zero-order valence-electron chi connectivity index (χ0n) is 8.75. The van der Waals surface area contributed by atoms with Crippen LogP contribution in [0.4, 0.5) is 0 Å². The van der Waals surface area contributed by atoms with Crippen molar-refractivity contribution < 1.29 is 0 Å². The van der Waals surface area contributed by atoms with Crippen LogP contribution in [-0.4, -0.2) is 18.7 Å². The molecule has 0 unspecified atom stereocenters. The van der Waals surface area contributed by atoms with E-state index in [4.69, 9.17) is 0 Å². The van der Waals surface area contributed by atoms with Gasteiger partial charge >= 0.3 is 0 Å². The molecule has 17 heavy (non-hydrogen) atoms. The SMILES string of the molecule is Cn1ncc2cnc3c(c(C#N)cn3SI)c21. The molecular formula is C10H6IN5S. The molecule has 0 aromatic carbocycles. The lowest BCUT2D eigenvalue weighted by Crippen LogP contribution is -1.91. The van der Waals surface area contributed by atoms with Crippen molar-refractivity contribution in [2.75, 3.05) is 0 Å². The van der Waals surface area contributed by atoms with Crippen molar-refractivity contribution in [3.63, 3.8) is 0 Å². The van der Waals surface area contributed by atoms with E-state index in [1.165, 1.54) is 9.12 Å². The van der Waals surface area contributed by atoms with Gasteiger partial charge in [0.25, 0.3) is 0 Å². The van der Waals surface area contributed by atoms with Crippen molar-refractivity contribution in [3.05, 3.63) is 24.2 Å². The van der Waals surface area contributed by atoms with E-state index in [0.717, 1.165) is 21.9 Å². The third-order valence-corrected chi connectivity index (χ3v) is 4.37. The van der Waals surface area contributed by atoms with Crippen LogP contribution in [0.1, 0.15) is 5.56 Å². The summed E-state index contributed by atoms with van der Waals surface area (Å²) in [7, 11) is 3.37. The fraction of sp³-hybridized carbons (Fsp3) is 0.100. The number of halogens is 1. The Morgan fingerprint density at radius 3 is 3.00 bits per heavy atom. The number of nitriles is 1. The molecule has 0 saturated heterocycles. The van der Waals surface area contributed by atoms with E-state index in [1.54, 1.807) is 23.3 Å². The van der Waals surface area contributed by atoms with Crippen LogP contribution in [0.2, 0.25) is 0 Å². The molecule has 84 valence electrons. The molecule has 3 aromatic heterocycles. The minimum atomic E-state index is 0.630. The Morgan fingerprint density at radius 1 is 1.47 bits per heavy atom. The number of aryl methyl sites for hydroxylation is 1. The number of rotatable bonds is 1. The van der Waals surface area contributed by atoms with Gasteiger partial charge in [-0.25, -0.2) is 4.98 Å². The summed E-state index contributed by atoms with van der Waals surface area (Å²) in [6.07, 6.45) is 5.36. The van der Waals surface area contributed by atoms with Gasteiger partial charge in [0, 0.05) is 55.2 Å². The molecule has 0 aliphatic heterocycles. The zero-order chi connectivity index (χ0) is 12.0. The van der Waals surface area contributed by atoms with Crippen molar-refractivity contribution >= 4 is 52.3 Å². The third kappa shape index (κ3) is 1.44. The predicted octanol–water partition coefficient (Wildman–Crippen LogP) is 2.64. The molecule has 3 aromatic rings. The molecule has 0 fully saturated rings. The monoisotopic (exact) mass is 355 g/mol. The number of aromatic nitrogens is 4. The summed E-state index contributed by atoms with van der Waals surface area (Å²) in [4.78, 5) is 4.39. The number of hydrogen-bond donors (Lipinski definition) is 0. The topological polar surface area (TPSA) is 59.4 Å². The van der Waals surface area contributed by atoms with Crippen LogP contribution in [0, 0.1) is 11.3 Å². The lowest BCUT2D eigenvalue weighted by atomic mass is 10.2. The van der Waals surface area contributed by atoms with E-state index in [9.17, 15) is 5.26 Å². The highest BCUT2D eigenvalue weighted by Crippen LogP contribution is 2.31. The Labute approximate surface area is 113 Å². The quantitative estimate of drug-likeness (QED) is 0.630. The van der Waals surface area contributed by atoms with E-state index >= 15 is 0 Å². The number of fused-ring (bicyclic) bond motifs is 3. The molecule has 7 heteroatoms. The second-order valence-corrected chi connectivity index (χ2v) is 5.29. The van der Waals surface area contributed by atoms with Crippen LogP contribution >= 0.6 is 30.3 Å². The number of hydrogen-bond acceptors (Lipinski definition) is 4. The molecule has 0 saturated carbocycles. The highest BCUT2D eigenvalue weighted by atomic mass is 127. The minimum Gasteiger partial charge on any atom is -0.267 e. The molecule has 0 aliphatic rings. The van der Waals surface area contributed by atoms with Crippen LogP contribution in [-0.2, 0) is 7.05 Å². The van der Waals surface area contributed by atoms with Crippen LogP contribution in [0.15, 0.2) is 18.6 Å². The van der Waals surface area contributed by atoms with Crippen molar-refractivity contribution in [2.24, 2.45) is 7.05 Å². The smallest absolute Gasteiger partial charge is 0.154 e. The molecule has 3 rings (SSSR count). The summed E-state index contributed by atoms with van der Waals surface area (Å²) >= 11 is 2.17. The first-order valence-electron chi connectivity index (χ1n) is 4.77. The lowest BCUT2D eigenvalue weighted by Gasteiger charge is -1.99. The normalized spacial score (nSPS) is 11.1. The van der Waals surface area contributed by atoms with Gasteiger partial charge < -0.3 is 0 Å². The van der Waals surface area contributed by atoms with Crippen LogP contribution in [0.25, 0.3) is 21.9 Å². The molecule has 3 heterocycles. The Hall–Kier alpha value is -1.27. The molecule has 0 radical (unpaired) electrons. The molecule has 0 amide bonds. The maximum absolute atomic E-state index is 9.20. The van der Waals surface area contributed by atoms with E-state index < -0.39 is 0 Å². The Morgan fingerprint density at radius 2 is 2.29 bits per heavy atom. The van der Waals surface area contributed by atoms with Gasteiger partial charge in [-0.1, -0.05) is 0 Å². The van der Waals surface area contributed by atoms with Gasteiger partial charge in [0.1, 0.15) is 6.07 Å². The Balaban J connectivity index is 2.61. The molecule has 0 atom stereocenters. The summed E-state index contributed by atoms with van der Waals surface area (Å²) < 4.78 is 3.67. The third-order valence-electron chi connectivity index (χ3n) is 2.67. The number of pyridine rings is 1. The van der Waals surface area contributed by atoms with Gasteiger partial charge in [-0.05, 0) is 0 Å². The van der Waals surface area contributed by atoms with Gasteiger partial charge in [0.2, 0.25) is 0 Å². The van der Waals surface area contributed by atoms with Crippen molar-refractivity contribution in [1.82, 2.24) is 18.7 Å². The second kappa shape index (κ2) is 3.89. The van der Waals surface area contributed by atoms with Crippen LogP contribution in [0.3, 0.4) is 0 Å². The van der Waals surface area contributed by atoms with Gasteiger partial charge in [-0.15, -0.1) is 0 Å². The molecule has 0 spiro atoms. The average molecular weight is 355 g/mol. The maximum atomic E-state index is 9.20. The van der Waals surface area contributed by atoms with Gasteiger partial charge in [0.05, 0.1) is 22.7 Å². The Bertz CT molecular complexity index is 766. The zero-order valence-corrected chi connectivity index (χ0v) is 11.7. The molecule has 0 bridgehead atoms. The van der Waals surface area contributed by atoms with Gasteiger partial charge in [-0.2, -0.15) is 10.4 Å². The highest BCUT2D eigenvalue weighted by molar-refractivity contribution is 14.2.